The molecule has 1 atom stereocenters. The van der Waals surface area contributed by atoms with Gasteiger partial charge in [-0.05, 0) is 19.1 Å². The molecule has 1 aromatic heterocycles. The van der Waals surface area contributed by atoms with Gasteiger partial charge < -0.3 is 5.11 Å². The Balaban J connectivity index is 2.11. The summed E-state index contributed by atoms with van der Waals surface area (Å²) in [5, 5.41) is 23.1. The van der Waals surface area contributed by atoms with Crippen LogP contribution in [0.15, 0.2) is 30.5 Å². The van der Waals surface area contributed by atoms with Gasteiger partial charge in [0.1, 0.15) is 11.6 Å². The first kappa shape index (κ1) is 13.3. The molecule has 1 fully saturated rings. The Morgan fingerprint density at radius 2 is 2.10 bits per heavy atom. The molecule has 0 saturated carbocycles. The Morgan fingerprint density at radius 3 is 2.67 bits per heavy atom. The molecule has 1 aliphatic rings. The van der Waals surface area contributed by atoms with Crippen LogP contribution in [0.25, 0.3) is 5.69 Å². The number of aromatic nitrogens is 2. The molecule has 0 radical (unpaired) electrons. The lowest BCUT2D eigenvalue weighted by Gasteiger charge is -2.18. The monoisotopic (exact) mass is 282 g/mol. The SMILES string of the molecule is Cc1ccc(-n2ncc(C#N)c2N2CC(O)CC2=O)cc1. The molecule has 1 N–H and O–H groups in total. The van der Waals surface area contributed by atoms with E-state index in [1.54, 1.807) is 4.68 Å². The third kappa shape index (κ3) is 2.28. The fourth-order valence-corrected chi connectivity index (χ4v) is 2.45. The van der Waals surface area contributed by atoms with Crippen LogP contribution < -0.4 is 4.90 Å². The third-order valence-corrected chi connectivity index (χ3v) is 3.50. The van der Waals surface area contributed by atoms with Crippen molar-refractivity contribution in [2.24, 2.45) is 0 Å². The largest absolute Gasteiger partial charge is 0.391 e. The van der Waals surface area contributed by atoms with Gasteiger partial charge in [0.25, 0.3) is 0 Å². The molecule has 0 aliphatic carbocycles. The van der Waals surface area contributed by atoms with E-state index in [-0.39, 0.29) is 18.9 Å². The van der Waals surface area contributed by atoms with Crippen molar-refractivity contribution in [3.8, 4) is 11.8 Å². The second kappa shape index (κ2) is 5.04. The van der Waals surface area contributed by atoms with Crippen molar-refractivity contribution >= 4 is 11.7 Å². The summed E-state index contributed by atoms with van der Waals surface area (Å²) < 4.78 is 1.56. The van der Waals surface area contributed by atoms with Gasteiger partial charge in [0.2, 0.25) is 5.91 Å². The number of nitriles is 1. The molecule has 3 rings (SSSR count). The molecular weight excluding hydrogens is 268 g/mol. The van der Waals surface area contributed by atoms with Crippen LogP contribution in [0.2, 0.25) is 0 Å². The highest BCUT2D eigenvalue weighted by Gasteiger charge is 2.33. The highest BCUT2D eigenvalue weighted by atomic mass is 16.3. The standard InChI is InChI=1S/C15H14N4O2/c1-10-2-4-12(5-3-10)19-15(11(7-16)8-17-19)18-9-13(20)6-14(18)21/h2-5,8,13,20H,6,9H2,1H3. The zero-order valence-electron chi connectivity index (χ0n) is 11.5. The van der Waals surface area contributed by atoms with Crippen molar-refractivity contribution in [1.29, 1.82) is 5.26 Å². The first-order valence-corrected chi connectivity index (χ1v) is 6.63. The molecule has 2 aromatic rings. The van der Waals surface area contributed by atoms with Crippen LogP contribution in [0.4, 0.5) is 5.82 Å². The molecule has 1 saturated heterocycles. The van der Waals surface area contributed by atoms with Gasteiger partial charge in [-0.15, -0.1) is 0 Å². The van der Waals surface area contributed by atoms with E-state index in [1.807, 2.05) is 31.2 Å². The van der Waals surface area contributed by atoms with E-state index in [9.17, 15) is 15.2 Å². The van der Waals surface area contributed by atoms with Gasteiger partial charge in [-0.1, -0.05) is 17.7 Å². The number of amides is 1. The lowest BCUT2D eigenvalue weighted by molar-refractivity contribution is -0.117. The summed E-state index contributed by atoms with van der Waals surface area (Å²) in [6.45, 7) is 2.17. The Hall–Kier alpha value is -2.65. The van der Waals surface area contributed by atoms with Crippen LogP contribution in [0.1, 0.15) is 17.5 Å². The molecule has 6 nitrogen and oxygen atoms in total. The minimum Gasteiger partial charge on any atom is -0.391 e. The van der Waals surface area contributed by atoms with Crippen molar-refractivity contribution in [2.75, 3.05) is 11.4 Å². The summed E-state index contributed by atoms with van der Waals surface area (Å²) >= 11 is 0. The number of hydrogen-bond acceptors (Lipinski definition) is 4. The number of nitrogens with zero attached hydrogens (tertiary/aromatic N) is 4. The Labute approximate surface area is 121 Å². The van der Waals surface area contributed by atoms with Crippen molar-refractivity contribution < 1.29 is 9.90 Å². The van der Waals surface area contributed by atoms with Gasteiger partial charge in [0.05, 0.1) is 31.0 Å². The lowest BCUT2D eigenvalue weighted by Crippen LogP contribution is -2.28. The van der Waals surface area contributed by atoms with Crippen molar-refractivity contribution in [3.05, 3.63) is 41.6 Å². The van der Waals surface area contributed by atoms with Gasteiger partial charge in [-0.2, -0.15) is 10.4 Å². The smallest absolute Gasteiger partial charge is 0.230 e. The first-order chi connectivity index (χ1) is 10.1. The summed E-state index contributed by atoms with van der Waals surface area (Å²) in [6, 6.07) is 9.68. The fourth-order valence-electron chi connectivity index (χ4n) is 2.45. The normalized spacial score (nSPS) is 18.0. The van der Waals surface area contributed by atoms with Crippen LogP contribution in [0, 0.1) is 18.3 Å². The van der Waals surface area contributed by atoms with E-state index < -0.39 is 6.10 Å². The number of β-amino-alcohol motifs (C(OH)–C–C–N with tert-alkyl or cyclic N) is 1. The molecule has 6 heteroatoms. The molecule has 106 valence electrons. The highest BCUT2D eigenvalue weighted by molar-refractivity contribution is 5.96. The topological polar surface area (TPSA) is 82.2 Å². The predicted octanol–water partition coefficient (Wildman–Crippen LogP) is 1.15. The average molecular weight is 282 g/mol. The molecule has 1 unspecified atom stereocenters. The number of carbonyl (C=O) groups is 1. The number of carbonyl (C=O) groups excluding carboxylic acids is 1. The fraction of sp³-hybridized carbons (Fsp3) is 0.267. The number of rotatable bonds is 2. The van der Waals surface area contributed by atoms with Gasteiger partial charge >= 0.3 is 0 Å². The van der Waals surface area contributed by atoms with E-state index >= 15 is 0 Å². The van der Waals surface area contributed by atoms with Gasteiger partial charge in [0.15, 0.2) is 5.82 Å². The minimum atomic E-state index is -0.703. The number of hydrogen-bond donors (Lipinski definition) is 1. The van der Waals surface area contributed by atoms with Crippen LogP contribution in [-0.4, -0.2) is 33.4 Å². The Morgan fingerprint density at radius 1 is 1.38 bits per heavy atom. The van der Waals surface area contributed by atoms with Crippen molar-refractivity contribution in [1.82, 2.24) is 9.78 Å². The van der Waals surface area contributed by atoms with Crippen molar-refractivity contribution in [2.45, 2.75) is 19.4 Å². The molecule has 1 amide bonds. The van der Waals surface area contributed by atoms with Gasteiger partial charge in [-0.25, -0.2) is 4.68 Å². The maximum Gasteiger partial charge on any atom is 0.230 e. The van der Waals surface area contributed by atoms with Gasteiger partial charge in [0, 0.05) is 0 Å². The highest BCUT2D eigenvalue weighted by Crippen LogP contribution is 2.28. The summed E-state index contributed by atoms with van der Waals surface area (Å²) in [7, 11) is 0. The predicted molar refractivity (Wildman–Crippen MR) is 76.0 cm³/mol. The van der Waals surface area contributed by atoms with E-state index in [0.29, 0.717) is 11.4 Å². The molecule has 21 heavy (non-hydrogen) atoms. The molecule has 1 aromatic carbocycles. The Bertz CT molecular complexity index is 727. The van der Waals surface area contributed by atoms with Crippen LogP contribution in [-0.2, 0) is 4.79 Å². The van der Waals surface area contributed by atoms with E-state index in [0.717, 1.165) is 11.3 Å². The molecule has 1 aliphatic heterocycles. The molecular formula is C15H14N4O2. The zero-order valence-corrected chi connectivity index (χ0v) is 11.5. The van der Waals surface area contributed by atoms with Crippen LogP contribution in [0.3, 0.4) is 0 Å². The van der Waals surface area contributed by atoms with Gasteiger partial charge in [-0.3, -0.25) is 9.69 Å². The molecule has 0 spiro atoms. The zero-order chi connectivity index (χ0) is 15.0. The summed E-state index contributed by atoms with van der Waals surface area (Å²) in [6.07, 6.45) is 0.808. The number of aliphatic hydroxyl groups is 1. The Kier molecular flexibility index (Phi) is 3.20. The number of aryl methyl sites for hydroxylation is 1. The second-order valence-corrected chi connectivity index (χ2v) is 5.10. The minimum absolute atomic E-state index is 0.0734. The second-order valence-electron chi connectivity index (χ2n) is 5.10. The van der Waals surface area contributed by atoms with E-state index in [4.69, 9.17) is 0 Å². The number of benzene rings is 1. The average Bonchev–Trinajstić information content (AvgIpc) is 3.02. The quantitative estimate of drug-likeness (QED) is 0.895. The lowest BCUT2D eigenvalue weighted by atomic mass is 10.2. The van der Waals surface area contributed by atoms with E-state index in [1.165, 1.54) is 11.1 Å². The maximum atomic E-state index is 12.0. The summed E-state index contributed by atoms with van der Waals surface area (Å²) in [5.41, 5.74) is 2.20. The first-order valence-electron chi connectivity index (χ1n) is 6.63. The van der Waals surface area contributed by atoms with Crippen molar-refractivity contribution in [3.63, 3.8) is 0 Å². The summed E-state index contributed by atoms with van der Waals surface area (Å²) in [5.74, 6) is 0.218. The summed E-state index contributed by atoms with van der Waals surface area (Å²) in [4.78, 5) is 13.4. The van der Waals surface area contributed by atoms with Crippen LogP contribution in [0.5, 0.6) is 0 Å². The van der Waals surface area contributed by atoms with Crippen LogP contribution >= 0.6 is 0 Å². The van der Waals surface area contributed by atoms with E-state index in [2.05, 4.69) is 11.2 Å². The molecule has 2 heterocycles. The number of anilines is 1. The molecule has 0 bridgehead atoms. The number of aliphatic hydroxyl groups excluding tert-OH is 1. The third-order valence-electron chi connectivity index (χ3n) is 3.50. The maximum absolute atomic E-state index is 12.0.